The average Bonchev–Trinajstić information content (AvgIpc) is 3.03. The first-order chi connectivity index (χ1) is 21.5. The largest absolute Gasteiger partial charge is 0.495 e. The molecule has 1 saturated heterocycles. The van der Waals surface area contributed by atoms with E-state index in [-0.39, 0.29) is 42.2 Å². The molecule has 0 unspecified atom stereocenters. The Morgan fingerprint density at radius 1 is 1.07 bits per heavy atom. The Morgan fingerprint density at radius 2 is 1.73 bits per heavy atom. The summed E-state index contributed by atoms with van der Waals surface area (Å²) in [4.78, 5) is 35.5. The number of aromatic nitrogens is 2. The van der Waals surface area contributed by atoms with E-state index in [0.29, 0.717) is 17.0 Å². The minimum absolute atomic E-state index is 0.00290. The summed E-state index contributed by atoms with van der Waals surface area (Å²) in [5.41, 5.74) is 5.11. The van der Waals surface area contributed by atoms with E-state index in [4.69, 9.17) is 10.5 Å². The van der Waals surface area contributed by atoms with Gasteiger partial charge in [-0.2, -0.15) is 18.2 Å². The van der Waals surface area contributed by atoms with Gasteiger partial charge in [0, 0.05) is 36.9 Å². The number of hydrogen-bond donors (Lipinski definition) is 4. The Hall–Kier alpha value is -3.65. The second-order valence-electron chi connectivity index (χ2n) is 11.3. The number of halogens is 3. The molecule has 0 spiro atoms. The van der Waals surface area contributed by atoms with Crippen molar-refractivity contribution in [1.82, 2.24) is 25.1 Å². The van der Waals surface area contributed by atoms with Crippen molar-refractivity contribution >= 4 is 29.3 Å². The van der Waals surface area contributed by atoms with Crippen LogP contribution in [0.3, 0.4) is 0 Å². The number of amides is 2. The van der Waals surface area contributed by atoms with Gasteiger partial charge in [-0.1, -0.05) is 19.3 Å². The Balaban J connectivity index is 0.000000535. The number of nitrogens with zero attached hydrogens (tertiary/aromatic N) is 4. The molecule has 0 atom stereocenters. The van der Waals surface area contributed by atoms with Gasteiger partial charge >= 0.3 is 6.18 Å². The van der Waals surface area contributed by atoms with Crippen LogP contribution in [0.4, 0.5) is 30.6 Å². The number of piperidine rings is 1. The highest BCUT2D eigenvalue weighted by Crippen LogP contribution is 2.36. The molecule has 11 nitrogen and oxygen atoms in total. The van der Waals surface area contributed by atoms with Gasteiger partial charge in [0.2, 0.25) is 11.9 Å². The summed E-state index contributed by atoms with van der Waals surface area (Å²) in [6.45, 7) is 7.39. The molecule has 2 heterocycles. The first-order valence-electron chi connectivity index (χ1n) is 15.6. The van der Waals surface area contributed by atoms with Crippen molar-refractivity contribution in [2.45, 2.75) is 77.1 Å². The number of hydrogen-bond acceptors (Lipinski definition) is 9. The molecule has 14 heteroatoms. The highest BCUT2D eigenvalue weighted by Gasteiger charge is 2.36. The topological polar surface area (TPSA) is 138 Å². The first kappa shape index (κ1) is 35.8. The van der Waals surface area contributed by atoms with Gasteiger partial charge in [-0.15, -0.1) is 0 Å². The predicted octanol–water partition coefficient (Wildman–Crippen LogP) is 4.63. The second-order valence-corrected chi connectivity index (χ2v) is 11.3. The van der Waals surface area contributed by atoms with E-state index < -0.39 is 11.7 Å². The number of carbonyl (C=O) groups excluding carboxylic acids is 2. The molecule has 2 fully saturated rings. The van der Waals surface area contributed by atoms with Crippen LogP contribution >= 0.6 is 0 Å². The van der Waals surface area contributed by atoms with Crippen LogP contribution in [0.2, 0.25) is 0 Å². The van der Waals surface area contributed by atoms with E-state index in [1.165, 1.54) is 7.11 Å². The molecule has 1 aliphatic heterocycles. The molecule has 1 aromatic heterocycles. The molecular formula is C31H47F3N8O3. The monoisotopic (exact) mass is 636 g/mol. The summed E-state index contributed by atoms with van der Waals surface area (Å²) >= 11 is 0. The molecule has 2 aromatic rings. The van der Waals surface area contributed by atoms with E-state index in [9.17, 15) is 22.8 Å². The number of likely N-dealkylation sites (tertiary alicyclic amines) is 1. The zero-order chi connectivity index (χ0) is 33.0. The molecule has 1 aliphatic carbocycles. The number of nitrogens with one attached hydrogen (secondary N) is 3. The Labute approximate surface area is 263 Å². The van der Waals surface area contributed by atoms with Crippen LogP contribution in [-0.4, -0.2) is 90.5 Å². The molecule has 2 amide bonds. The molecule has 0 radical (unpaired) electrons. The summed E-state index contributed by atoms with van der Waals surface area (Å²) in [5.74, 6) is -0.0430. The standard InChI is InChI=1S/C25H33F3N6O2.C6H14N2O/c1-34-12-10-18(11-13-34)31-23(35)16-8-9-20(21(14-16)36-2)32-24-29-15-19(25(26,27)28)22(33-24)30-17-6-4-3-5-7-17;1-3-8(4-2)6(9)5-7/h8-9,14-15,17-18H,3-7,10-13H2,1-2H3,(H,31,35)(H2,29,30,32,33);3-5,7H2,1-2H3. The number of methoxy groups -OCH3 is 1. The van der Waals surface area contributed by atoms with Gasteiger partial charge in [0.1, 0.15) is 17.1 Å². The lowest BCUT2D eigenvalue weighted by molar-refractivity contribution is -0.137. The van der Waals surface area contributed by atoms with Crippen molar-refractivity contribution in [1.29, 1.82) is 0 Å². The second kappa shape index (κ2) is 17.2. The quantitative estimate of drug-likeness (QED) is 0.294. The molecule has 1 saturated carbocycles. The third-order valence-electron chi connectivity index (χ3n) is 8.09. The van der Waals surface area contributed by atoms with Crippen molar-refractivity contribution in [3.8, 4) is 5.75 Å². The molecule has 250 valence electrons. The Morgan fingerprint density at radius 3 is 2.29 bits per heavy atom. The fourth-order valence-corrected chi connectivity index (χ4v) is 5.38. The van der Waals surface area contributed by atoms with Crippen molar-refractivity contribution < 1.29 is 27.5 Å². The van der Waals surface area contributed by atoms with Gasteiger partial charge in [-0.05, 0) is 77.9 Å². The number of nitrogens with two attached hydrogens (primary N) is 1. The van der Waals surface area contributed by atoms with E-state index in [0.717, 1.165) is 77.3 Å². The lowest BCUT2D eigenvalue weighted by Gasteiger charge is -2.29. The number of alkyl halides is 3. The van der Waals surface area contributed by atoms with Crippen molar-refractivity contribution in [2.24, 2.45) is 5.73 Å². The third kappa shape index (κ3) is 10.7. The Bertz CT molecular complexity index is 1250. The number of benzene rings is 1. The zero-order valence-corrected chi connectivity index (χ0v) is 26.7. The van der Waals surface area contributed by atoms with Crippen LogP contribution in [0.1, 0.15) is 74.7 Å². The lowest BCUT2D eigenvalue weighted by atomic mass is 9.95. The van der Waals surface area contributed by atoms with Crippen molar-refractivity contribution in [2.75, 3.05) is 57.5 Å². The molecule has 5 N–H and O–H groups in total. The Kier molecular flexibility index (Phi) is 13.7. The number of carbonyl (C=O) groups is 2. The zero-order valence-electron chi connectivity index (χ0n) is 26.7. The normalized spacial score (nSPS) is 16.3. The van der Waals surface area contributed by atoms with Gasteiger partial charge in [0.05, 0.1) is 19.3 Å². The van der Waals surface area contributed by atoms with Crippen LogP contribution in [0, 0.1) is 0 Å². The van der Waals surface area contributed by atoms with Gasteiger partial charge in [-0.3, -0.25) is 9.59 Å². The number of ether oxygens (including phenoxy) is 1. The van der Waals surface area contributed by atoms with Crippen LogP contribution < -0.4 is 26.4 Å². The molecule has 0 bridgehead atoms. The van der Waals surface area contributed by atoms with Gasteiger partial charge in [-0.25, -0.2) is 4.98 Å². The number of likely N-dealkylation sites (N-methyl/N-ethyl adjacent to an activating group) is 1. The summed E-state index contributed by atoms with van der Waals surface area (Å²) in [7, 11) is 3.52. The average molecular weight is 637 g/mol. The highest BCUT2D eigenvalue weighted by atomic mass is 19.4. The van der Waals surface area contributed by atoms with E-state index in [2.05, 4.69) is 37.9 Å². The highest BCUT2D eigenvalue weighted by molar-refractivity contribution is 5.95. The molecule has 4 rings (SSSR count). The van der Waals surface area contributed by atoms with Crippen LogP contribution in [-0.2, 0) is 11.0 Å². The summed E-state index contributed by atoms with van der Waals surface area (Å²) in [6.07, 6.45) is 2.65. The fourth-order valence-electron chi connectivity index (χ4n) is 5.38. The maximum Gasteiger partial charge on any atom is 0.421 e. The first-order valence-corrected chi connectivity index (χ1v) is 15.6. The van der Waals surface area contributed by atoms with E-state index >= 15 is 0 Å². The fraction of sp³-hybridized carbons (Fsp3) is 0.613. The molecule has 2 aliphatic rings. The van der Waals surface area contributed by atoms with Gasteiger partial charge < -0.3 is 36.2 Å². The van der Waals surface area contributed by atoms with Gasteiger partial charge in [0.25, 0.3) is 5.91 Å². The summed E-state index contributed by atoms with van der Waals surface area (Å²) in [5, 5.41) is 8.98. The predicted molar refractivity (Wildman–Crippen MR) is 169 cm³/mol. The minimum Gasteiger partial charge on any atom is -0.495 e. The maximum atomic E-state index is 13.6. The third-order valence-corrected chi connectivity index (χ3v) is 8.09. The maximum absolute atomic E-state index is 13.6. The van der Waals surface area contributed by atoms with Crippen molar-refractivity contribution in [3.63, 3.8) is 0 Å². The molecular weight excluding hydrogens is 589 g/mol. The summed E-state index contributed by atoms with van der Waals surface area (Å²) in [6, 6.07) is 4.93. The lowest BCUT2D eigenvalue weighted by Crippen LogP contribution is -2.43. The smallest absolute Gasteiger partial charge is 0.421 e. The number of anilines is 3. The van der Waals surface area contributed by atoms with Crippen LogP contribution in [0.15, 0.2) is 24.4 Å². The summed E-state index contributed by atoms with van der Waals surface area (Å²) < 4.78 is 46.2. The van der Waals surface area contributed by atoms with Gasteiger partial charge in [0.15, 0.2) is 0 Å². The molecule has 45 heavy (non-hydrogen) atoms. The molecule has 1 aromatic carbocycles. The SMILES string of the molecule is CCN(CC)C(=O)CN.COc1cc(C(=O)NC2CCN(C)CC2)ccc1Nc1ncc(C(F)(F)F)c(NC2CCCCC2)n1. The van der Waals surface area contributed by atoms with Crippen molar-refractivity contribution in [3.05, 3.63) is 35.5 Å². The van der Waals surface area contributed by atoms with Crippen LogP contribution in [0.25, 0.3) is 0 Å². The minimum atomic E-state index is -4.57. The van der Waals surface area contributed by atoms with Crippen LogP contribution in [0.5, 0.6) is 5.75 Å². The number of rotatable bonds is 10. The van der Waals surface area contributed by atoms with E-state index in [1.807, 2.05) is 13.8 Å². The van der Waals surface area contributed by atoms with E-state index in [1.54, 1.807) is 23.1 Å².